The summed E-state index contributed by atoms with van der Waals surface area (Å²) in [5.41, 5.74) is 0.791. The van der Waals surface area contributed by atoms with E-state index in [0.717, 1.165) is 29.5 Å². The lowest BCUT2D eigenvalue weighted by molar-refractivity contribution is -0.137. The van der Waals surface area contributed by atoms with Gasteiger partial charge in [-0.25, -0.2) is 0 Å². The molecule has 2 aliphatic heterocycles. The molecule has 8 nitrogen and oxygen atoms in total. The van der Waals surface area contributed by atoms with Gasteiger partial charge < -0.3 is 14.5 Å². The number of nitrogens with one attached hydrogen (secondary N) is 1. The van der Waals surface area contributed by atoms with Crippen LogP contribution in [0.15, 0.2) is 24.3 Å². The van der Waals surface area contributed by atoms with Crippen molar-refractivity contribution >= 4 is 16.1 Å². The molecule has 0 radical (unpaired) electrons. The molecule has 1 amide bonds. The second-order valence-corrected chi connectivity index (χ2v) is 8.74. The lowest BCUT2D eigenvalue weighted by atomic mass is 9.98. The first kappa shape index (κ1) is 20.1. The Bertz CT molecular complexity index is 777. The number of ether oxygens (including phenoxy) is 1. The first-order valence-corrected chi connectivity index (χ1v) is 10.7. The zero-order chi connectivity index (χ0) is 19.6. The van der Waals surface area contributed by atoms with Gasteiger partial charge in [-0.05, 0) is 30.7 Å². The highest BCUT2D eigenvalue weighted by Gasteiger charge is 2.42. The van der Waals surface area contributed by atoms with Crippen molar-refractivity contribution in [3.05, 3.63) is 29.8 Å². The molecule has 0 bridgehead atoms. The number of hydrogen-bond acceptors (Lipinski definition) is 5. The fourth-order valence-electron chi connectivity index (χ4n) is 3.66. The van der Waals surface area contributed by atoms with E-state index in [2.05, 4.69) is 16.5 Å². The SMILES string of the molecule is CCN1CCN(C(=O)[C@H]2C[C@H](c3cccc(OC)c3)NS(=O)(=O)N2C)CC1. The predicted octanol–water partition coefficient (Wildman–Crippen LogP) is 0.439. The average molecular weight is 397 g/mol. The fourth-order valence-corrected chi connectivity index (χ4v) is 4.93. The Balaban J connectivity index is 1.80. The van der Waals surface area contributed by atoms with Crippen molar-refractivity contribution in [3.8, 4) is 5.75 Å². The van der Waals surface area contributed by atoms with Crippen LogP contribution in [0.3, 0.4) is 0 Å². The van der Waals surface area contributed by atoms with E-state index < -0.39 is 22.3 Å². The van der Waals surface area contributed by atoms with Gasteiger partial charge in [-0.15, -0.1) is 0 Å². The largest absolute Gasteiger partial charge is 0.497 e. The standard InChI is InChI=1S/C18H28N4O4S/c1-4-21-8-10-22(11-9-21)18(23)17-13-16(19-27(24,25)20(17)2)14-6-5-7-15(12-14)26-3/h5-7,12,16-17,19H,4,8-11,13H2,1-3H3/t16-,17-/m1/s1. The van der Waals surface area contributed by atoms with Gasteiger partial charge in [-0.3, -0.25) is 4.79 Å². The first-order chi connectivity index (χ1) is 12.9. The molecule has 0 unspecified atom stereocenters. The summed E-state index contributed by atoms with van der Waals surface area (Å²) in [7, 11) is -0.705. The Morgan fingerprint density at radius 3 is 2.59 bits per heavy atom. The molecule has 0 aromatic heterocycles. The lowest BCUT2D eigenvalue weighted by Crippen LogP contribution is -2.60. The minimum atomic E-state index is -3.74. The summed E-state index contributed by atoms with van der Waals surface area (Å²) in [6, 6.07) is 6.11. The topological polar surface area (TPSA) is 82.2 Å². The Hall–Kier alpha value is -1.68. The number of methoxy groups -OCH3 is 1. The van der Waals surface area contributed by atoms with Crippen LogP contribution in [-0.2, 0) is 15.0 Å². The Morgan fingerprint density at radius 2 is 1.96 bits per heavy atom. The summed E-state index contributed by atoms with van der Waals surface area (Å²) in [6.07, 6.45) is 0.385. The number of likely N-dealkylation sites (N-methyl/N-ethyl adjacent to an activating group) is 2. The van der Waals surface area contributed by atoms with Crippen molar-refractivity contribution in [1.82, 2.24) is 18.8 Å². The Kier molecular flexibility index (Phi) is 6.05. The molecule has 2 saturated heterocycles. The van der Waals surface area contributed by atoms with Gasteiger partial charge in [0.15, 0.2) is 0 Å². The second-order valence-electron chi connectivity index (χ2n) is 6.98. The molecule has 27 heavy (non-hydrogen) atoms. The number of piperazine rings is 1. The Morgan fingerprint density at radius 1 is 1.26 bits per heavy atom. The van der Waals surface area contributed by atoms with Crippen LogP contribution >= 0.6 is 0 Å². The van der Waals surface area contributed by atoms with Crippen molar-refractivity contribution < 1.29 is 17.9 Å². The van der Waals surface area contributed by atoms with Crippen LogP contribution in [0.5, 0.6) is 5.75 Å². The maximum absolute atomic E-state index is 13.1. The third-order valence-corrected chi connectivity index (χ3v) is 7.08. The van der Waals surface area contributed by atoms with Gasteiger partial charge in [-0.1, -0.05) is 19.1 Å². The molecule has 0 aliphatic carbocycles. The van der Waals surface area contributed by atoms with Crippen molar-refractivity contribution in [2.75, 3.05) is 46.9 Å². The lowest BCUT2D eigenvalue weighted by Gasteiger charge is -2.41. The normalized spacial score (nSPS) is 26.7. The summed E-state index contributed by atoms with van der Waals surface area (Å²) in [4.78, 5) is 17.2. The van der Waals surface area contributed by atoms with Crippen molar-refractivity contribution in [3.63, 3.8) is 0 Å². The monoisotopic (exact) mass is 396 g/mol. The molecule has 0 spiro atoms. The number of amides is 1. The van der Waals surface area contributed by atoms with Crippen LogP contribution in [0, 0.1) is 0 Å². The van der Waals surface area contributed by atoms with Crippen LogP contribution in [0.4, 0.5) is 0 Å². The smallest absolute Gasteiger partial charge is 0.280 e. The number of carbonyl (C=O) groups is 1. The minimum absolute atomic E-state index is 0.119. The summed E-state index contributed by atoms with van der Waals surface area (Å²) >= 11 is 0. The highest BCUT2D eigenvalue weighted by atomic mass is 32.2. The van der Waals surface area contributed by atoms with Gasteiger partial charge in [0.05, 0.1) is 13.2 Å². The summed E-state index contributed by atoms with van der Waals surface area (Å²) < 4.78 is 34.3. The molecule has 3 rings (SSSR count). The molecular weight excluding hydrogens is 368 g/mol. The quantitative estimate of drug-likeness (QED) is 0.799. The van der Waals surface area contributed by atoms with E-state index in [1.807, 2.05) is 18.2 Å². The van der Waals surface area contributed by atoms with Crippen LogP contribution in [0.1, 0.15) is 24.9 Å². The van der Waals surface area contributed by atoms with Crippen molar-refractivity contribution in [2.45, 2.75) is 25.4 Å². The number of benzene rings is 1. The summed E-state index contributed by atoms with van der Waals surface area (Å²) in [6.45, 7) is 5.97. The van der Waals surface area contributed by atoms with Crippen LogP contribution in [0.2, 0.25) is 0 Å². The molecule has 1 aromatic carbocycles. The maximum Gasteiger partial charge on any atom is 0.280 e. The molecule has 2 heterocycles. The zero-order valence-corrected chi connectivity index (χ0v) is 16.9. The predicted molar refractivity (Wildman–Crippen MR) is 103 cm³/mol. The highest BCUT2D eigenvalue weighted by molar-refractivity contribution is 7.87. The molecule has 2 aliphatic rings. The summed E-state index contributed by atoms with van der Waals surface area (Å²) in [5.74, 6) is 0.537. The van der Waals surface area contributed by atoms with Crippen LogP contribution < -0.4 is 9.46 Å². The van der Waals surface area contributed by atoms with Gasteiger partial charge in [0.25, 0.3) is 10.2 Å². The summed E-state index contributed by atoms with van der Waals surface area (Å²) in [5, 5.41) is 0. The molecule has 9 heteroatoms. The van der Waals surface area contributed by atoms with Crippen LogP contribution in [-0.4, -0.2) is 81.4 Å². The fraction of sp³-hybridized carbons (Fsp3) is 0.611. The zero-order valence-electron chi connectivity index (χ0n) is 16.1. The third kappa shape index (κ3) is 4.26. The van der Waals surface area contributed by atoms with E-state index >= 15 is 0 Å². The second kappa shape index (κ2) is 8.14. The molecule has 2 atom stereocenters. The molecule has 150 valence electrons. The number of carbonyl (C=O) groups excluding carboxylic acids is 1. The molecule has 2 fully saturated rings. The van der Waals surface area contributed by atoms with Gasteiger partial charge in [0, 0.05) is 33.2 Å². The highest BCUT2D eigenvalue weighted by Crippen LogP contribution is 2.30. The van der Waals surface area contributed by atoms with Crippen LogP contribution in [0.25, 0.3) is 0 Å². The van der Waals surface area contributed by atoms with Gasteiger partial charge in [0.1, 0.15) is 11.8 Å². The van der Waals surface area contributed by atoms with Gasteiger partial charge >= 0.3 is 0 Å². The van der Waals surface area contributed by atoms with E-state index in [9.17, 15) is 13.2 Å². The first-order valence-electron chi connectivity index (χ1n) is 9.26. The van der Waals surface area contributed by atoms with E-state index in [0.29, 0.717) is 25.3 Å². The van der Waals surface area contributed by atoms with Crippen molar-refractivity contribution in [2.24, 2.45) is 0 Å². The van der Waals surface area contributed by atoms with Gasteiger partial charge in [0.2, 0.25) is 5.91 Å². The minimum Gasteiger partial charge on any atom is -0.497 e. The number of rotatable bonds is 4. The third-order valence-electron chi connectivity index (χ3n) is 5.48. The number of nitrogens with zero attached hydrogens (tertiary/aromatic N) is 3. The van der Waals surface area contributed by atoms with E-state index in [4.69, 9.17) is 4.74 Å². The molecule has 0 saturated carbocycles. The molecule has 1 N–H and O–H groups in total. The average Bonchev–Trinajstić information content (AvgIpc) is 2.69. The van der Waals surface area contributed by atoms with E-state index in [-0.39, 0.29) is 5.91 Å². The Labute approximate surface area is 161 Å². The van der Waals surface area contributed by atoms with E-state index in [1.54, 1.807) is 18.1 Å². The van der Waals surface area contributed by atoms with E-state index in [1.165, 1.54) is 7.05 Å². The molecule has 1 aromatic rings. The maximum atomic E-state index is 13.1. The van der Waals surface area contributed by atoms with Crippen molar-refractivity contribution in [1.29, 1.82) is 0 Å². The van der Waals surface area contributed by atoms with Gasteiger partial charge in [-0.2, -0.15) is 17.4 Å². The number of hydrogen-bond donors (Lipinski definition) is 1. The molecular formula is C18H28N4O4S.